The number of hydrogen-bond donors (Lipinski definition) is 0. The van der Waals surface area contributed by atoms with Crippen molar-refractivity contribution in [1.82, 2.24) is 9.55 Å². The third-order valence-electron chi connectivity index (χ3n) is 14.9. The molecule has 9 aromatic rings. The van der Waals surface area contributed by atoms with Crippen molar-refractivity contribution >= 4 is 33.2 Å². The number of rotatable bonds is 10. The van der Waals surface area contributed by atoms with Crippen LogP contribution in [0.15, 0.2) is 182 Å². The van der Waals surface area contributed by atoms with E-state index in [9.17, 15) is 0 Å². The van der Waals surface area contributed by atoms with Gasteiger partial charge in [0.15, 0.2) is 0 Å². The molecule has 6 heteroatoms. The van der Waals surface area contributed by atoms with Crippen LogP contribution in [0.25, 0.3) is 38.8 Å². The second kappa shape index (κ2) is 19.5. The summed E-state index contributed by atoms with van der Waals surface area (Å²) in [5, 5.41) is 2.30. The summed E-state index contributed by atoms with van der Waals surface area (Å²) in [6.07, 6.45) is 4.23. The number of allylic oxidation sites excluding steroid dienone is 1. The second-order valence-electron chi connectivity index (χ2n) is 24.0. The van der Waals surface area contributed by atoms with Gasteiger partial charge in [0.2, 0.25) is 0 Å². The molecule has 0 unspecified atom stereocenters. The predicted molar refractivity (Wildman–Crippen MR) is 306 cm³/mol. The van der Waals surface area contributed by atoms with E-state index in [1.54, 1.807) is 0 Å². The zero-order valence-electron chi connectivity index (χ0n) is 45.3. The Kier molecular flexibility index (Phi) is 13.8. The van der Waals surface area contributed by atoms with E-state index >= 15 is 0 Å². The summed E-state index contributed by atoms with van der Waals surface area (Å²) in [7, 11) is 0. The van der Waals surface area contributed by atoms with Gasteiger partial charge in [0.25, 0.3) is 0 Å². The standard InChI is InChI=1S/C68H69N4O.Pt/c1-64(2,3)51-35-47(46-25-17-14-18-26-46)36-53(37-51)70-44-61(66(7,8)9)71(45-70)54-38-52(68(12,13)49-29-21-16-22-30-49)39-55(41-54)73-56-42-58(65(4,5)6)63-57-31-23-24-32-59(57)72(60(63)43-56)62-40-50(33-34-69-62)67(10,11)48-27-19-15-20-28-48;/h14-40,42,44-45H,1-13H3;/q-3;. The van der Waals surface area contributed by atoms with Crippen LogP contribution in [0.3, 0.4) is 0 Å². The van der Waals surface area contributed by atoms with Crippen LogP contribution in [0.1, 0.15) is 123 Å². The maximum Gasteiger partial charge on any atom is 0.135 e. The molecule has 0 saturated heterocycles. The second-order valence-corrected chi connectivity index (χ2v) is 24.0. The Hall–Kier alpha value is -6.68. The number of hydrogen-bond acceptors (Lipinski definition) is 4. The zero-order chi connectivity index (χ0) is 51.7. The molecule has 1 aliphatic rings. The minimum atomic E-state index is -0.388. The van der Waals surface area contributed by atoms with Crippen LogP contribution in [-0.2, 0) is 42.7 Å². The number of aromatic nitrogens is 2. The molecule has 2 aromatic heterocycles. The van der Waals surface area contributed by atoms with E-state index in [0.717, 1.165) is 50.3 Å². The summed E-state index contributed by atoms with van der Waals surface area (Å²) >= 11 is 0. The van der Waals surface area contributed by atoms with Crippen molar-refractivity contribution in [1.29, 1.82) is 0 Å². The molecule has 7 aromatic carbocycles. The monoisotopic (exact) mass is 1150 g/mol. The van der Waals surface area contributed by atoms with Crippen molar-refractivity contribution in [2.75, 3.05) is 9.80 Å². The van der Waals surface area contributed by atoms with Gasteiger partial charge in [0.1, 0.15) is 5.82 Å². The van der Waals surface area contributed by atoms with Gasteiger partial charge >= 0.3 is 0 Å². The average Bonchev–Trinajstić information content (AvgIpc) is 3.98. The summed E-state index contributed by atoms with van der Waals surface area (Å²) in [6.45, 7) is 31.9. The molecular weight excluding hydrogens is 1080 g/mol. The summed E-state index contributed by atoms with van der Waals surface area (Å²) in [5.74, 6) is 2.06. The molecular formula is C68H69N4OPt-3. The zero-order valence-corrected chi connectivity index (χ0v) is 47.6. The number of ether oxygens (including phenoxy) is 1. The molecule has 0 amide bonds. The fraction of sp³-hybridized carbons (Fsp3) is 0.265. The Morgan fingerprint density at radius 3 is 1.72 bits per heavy atom. The van der Waals surface area contributed by atoms with Crippen molar-refractivity contribution in [3.05, 3.63) is 234 Å². The molecule has 0 bridgehead atoms. The molecule has 0 aliphatic carbocycles. The van der Waals surface area contributed by atoms with Crippen LogP contribution in [0.2, 0.25) is 0 Å². The largest absolute Gasteiger partial charge is 0.509 e. The molecule has 10 rings (SSSR count). The average molecular weight is 1150 g/mol. The molecule has 0 saturated carbocycles. The minimum absolute atomic E-state index is 0. The van der Waals surface area contributed by atoms with Gasteiger partial charge in [0, 0.05) is 66.5 Å². The molecule has 0 radical (unpaired) electrons. The Balaban J connectivity index is 0.00000672. The van der Waals surface area contributed by atoms with E-state index in [4.69, 9.17) is 9.72 Å². The Bertz CT molecular complexity index is 3510. The number of nitrogens with zero attached hydrogens (tertiary/aromatic N) is 4. The summed E-state index contributed by atoms with van der Waals surface area (Å²) in [4.78, 5) is 9.68. The molecule has 5 nitrogen and oxygen atoms in total. The number of para-hydroxylation sites is 1. The number of benzene rings is 7. The SMILES string of the molecule is CC(C)(C)C1=CN(c2cc(-c3ccccc3)cc(C(C)(C)C)c2)[CH-]N1c1[c-]c(Oc2[c-]c3c(c(C(C)(C)C)c2)c2ccccc2n3-c2cc(C(C)(C)c3ccccc3)ccn2)cc(C(C)(C)c2ccccc2)c1.[Pt]. The molecule has 74 heavy (non-hydrogen) atoms. The maximum absolute atomic E-state index is 7.25. The van der Waals surface area contributed by atoms with Crippen LogP contribution >= 0.6 is 0 Å². The van der Waals surface area contributed by atoms with Gasteiger partial charge in [0.05, 0.1) is 0 Å². The third kappa shape index (κ3) is 10.0. The van der Waals surface area contributed by atoms with Crippen molar-refractivity contribution in [2.45, 2.75) is 112 Å². The van der Waals surface area contributed by atoms with Gasteiger partial charge < -0.3 is 19.1 Å². The Morgan fingerprint density at radius 1 is 0.500 bits per heavy atom. The first-order valence-electron chi connectivity index (χ1n) is 25.8. The van der Waals surface area contributed by atoms with E-state index in [1.165, 1.54) is 38.9 Å². The molecule has 1 aliphatic heterocycles. The van der Waals surface area contributed by atoms with Crippen molar-refractivity contribution in [2.24, 2.45) is 5.41 Å². The molecule has 380 valence electrons. The van der Waals surface area contributed by atoms with Crippen molar-refractivity contribution < 1.29 is 25.8 Å². The molecule has 0 atom stereocenters. The van der Waals surface area contributed by atoms with Crippen molar-refractivity contribution in [3.63, 3.8) is 0 Å². The smallest absolute Gasteiger partial charge is 0.135 e. The normalized spacial score (nSPS) is 13.6. The van der Waals surface area contributed by atoms with Gasteiger partial charge in [-0.15, -0.1) is 53.8 Å². The number of fused-ring (bicyclic) bond motifs is 3. The van der Waals surface area contributed by atoms with Gasteiger partial charge in [-0.2, -0.15) is 0 Å². The fourth-order valence-corrected chi connectivity index (χ4v) is 10.3. The topological polar surface area (TPSA) is 33.5 Å². The molecule has 0 fully saturated rings. The van der Waals surface area contributed by atoms with Gasteiger partial charge in [-0.3, -0.25) is 0 Å². The molecule has 0 N–H and O–H groups in total. The third-order valence-corrected chi connectivity index (χ3v) is 14.9. The van der Waals surface area contributed by atoms with Crippen LogP contribution in [0.5, 0.6) is 11.5 Å². The first-order valence-corrected chi connectivity index (χ1v) is 25.8. The Morgan fingerprint density at radius 2 is 1.09 bits per heavy atom. The van der Waals surface area contributed by atoms with Crippen LogP contribution in [0, 0.1) is 24.2 Å². The van der Waals surface area contributed by atoms with Crippen LogP contribution < -0.4 is 14.5 Å². The van der Waals surface area contributed by atoms with E-state index < -0.39 is 0 Å². The van der Waals surface area contributed by atoms with E-state index in [2.05, 4.69) is 293 Å². The molecule has 3 heterocycles. The first kappa shape index (κ1) is 52.2. The number of anilines is 2. The summed E-state index contributed by atoms with van der Waals surface area (Å²) in [6, 6.07) is 66.5. The molecule has 0 spiro atoms. The number of pyridine rings is 1. The van der Waals surface area contributed by atoms with E-state index in [0.29, 0.717) is 11.5 Å². The summed E-state index contributed by atoms with van der Waals surface area (Å²) in [5.41, 5.74) is 13.5. The minimum Gasteiger partial charge on any atom is -0.509 e. The van der Waals surface area contributed by atoms with Gasteiger partial charge in [-0.25, -0.2) is 4.98 Å². The first-order chi connectivity index (χ1) is 34.6. The van der Waals surface area contributed by atoms with E-state index in [1.807, 2.05) is 6.20 Å². The van der Waals surface area contributed by atoms with Crippen LogP contribution in [-0.4, -0.2) is 9.55 Å². The maximum atomic E-state index is 7.25. The Labute approximate surface area is 455 Å². The van der Waals surface area contributed by atoms with E-state index in [-0.39, 0.29) is 48.1 Å². The van der Waals surface area contributed by atoms with Crippen molar-refractivity contribution in [3.8, 4) is 28.4 Å². The fourth-order valence-electron chi connectivity index (χ4n) is 10.3. The van der Waals surface area contributed by atoms with Crippen LogP contribution in [0.4, 0.5) is 11.4 Å². The predicted octanol–water partition coefficient (Wildman–Crippen LogP) is 17.8. The van der Waals surface area contributed by atoms with Gasteiger partial charge in [-0.1, -0.05) is 216 Å². The van der Waals surface area contributed by atoms with Gasteiger partial charge in [-0.05, 0) is 91.5 Å². The quantitative estimate of drug-likeness (QED) is 0.128. The summed E-state index contributed by atoms with van der Waals surface area (Å²) < 4.78 is 9.52.